The molecule has 0 fully saturated rings. The number of halogens is 1. The van der Waals surface area contributed by atoms with E-state index in [9.17, 15) is 20.0 Å². The van der Waals surface area contributed by atoms with Crippen molar-refractivity contribution < 1.29 is 14.8 Å². The van der Waals surface area contributed by atoms with Crippen LogP contribution in [-0.4, -0.2) is 16.0 Å². The number of non-ortho nitro benzene ring substituents is 1. The number of carboxylic acids is 1. The molecule has 1 heterocycles. The third kappa shape index (κ3) is 2.68. The lowest BCUT2D eigenvalue weighted by atomic mass is 9.76. The number of nitro benzene ring substituents is 1. The van der Waals surface area contributed by atoms with Gasteiger partial charge in [-0.05, 0) is 35.6 Å². The zero-order chi connectivity index (χ0) is 18.4. The molecule has 0 saturated heterocycles. The largest absolute Gasteiger partial charge is 0.478 e. The van der Waals surface area contributed by atoms with Crippen LogP contribution in [0, 0.1) is 16.0 Å². The summed E-state index contributed by atoms with van der Waals surface area (Å²) < 4.78 is 0.725. The Hall–Kier alpha value is -2.67. The van der Waals surface area contributed by atoms with Crippen molar-refractivity contribution in [2.75, 3.05) is 5.32 Å². The van der Waals surface area contributed by atoms with E-state index < -0.39 is 10.9 Å². The first kappa shape index (κ1) is 16.8. The first-order valence-electron chi connectivity index (χ1n) is 8.20. The van der Waals surface area contributed by atoms with E-state index in [0.29, 0.717) is 5.69 Å². The highest BCUT2D eigenvalue weighted by Crippen LogP contribution is 2.51. The smallest absolute Gasteiger partial charge is 0.337 e. The van der Waals surface area contributed by atoms with Gasteiger partial charge in [0.25, 0.3) is 5.69 Å². The summed E-state index contributed by atoms with van der Waals surface area (Å²) in [5, 5.41) is 24.1. The summed E-state index contributed by atoms with van der Waals surface area (Å²) in [6.45, 7) is 0. The van der Waals surface area contributed by atoms with Crippen molar-refractivity contribution in [3.63, 3.8) is 0 Å². The Morgan fingerprint density at radius 2 is 2.12 bits per heavy atom. The molecule has 0 amide bonds. The van der Waals surface area contributed by atoms with E-state index in [1.807, 2.05) is 12.1 Å². The SMILES string of the molecule is O=C(O)c1cc(Br)cc2c1N[C@@H](c1cccc([N+](=O)[O-])c1)[C@@H]1CC=C[C@@H]21. The Bertz CT molecular complexity index is 957. The molecule has 0 unspecified atom stereocenters. The maximum absolute atomic E-state index is 11.7. The maximum atomic E-state index is 11.7. The molecule has 0 aromatic heterocycles. The number of anilines is 1. The van der Waals surface area contributed by atoms with Crippen LogP contribution in [0.2, 0.25) is 0 Å². The number of hydrogen-bond donors (Lipinski definition) is 2. The zero-order valence-electron chi connectivity index (χ0n) is 13.6. The molecule has 26 heavy (non-hydrogen) atoms. The molecule has 2 aromatic rings. The summed E-state index contributed by atoms with van der Waals surface area (Å²) in [5.41, 5.74) is 2.56. The minimum Gasteiger partial charge on any atom is -0.478 e. The molecule has 4 rings (SSSR count). The Balaban J connectivity index is 1.85. The van der Waals surface area contributed by atoms with Crippen LogP contribution in [0.1, 0.15) is 39.9 Å². The van der Waals surface area contributed by atoms with Gasteiger partial charge in [-0.3, -0.25) is 10.1 Å². The van der Waals surface area contributed by atoms with E-state index in [0.717, 1.165) is 22.0 Å². The molecule has 1 aliphatic heterocycles. The summed E-state index contributed by atoms with van der Waals surface area (Å²) in [5.74, 6) is -0.750. The molecule has 2 N–H and O–H groups in total. The minimum absolute atomic E-state index is 0.0341. The second-order valence-electron chi connectivity index (χ2n) is 6.55. The maximum Gasteiger partial charge on any atom is 0.337 e. The molecule has 2 aliphatic rings. The van der Waals surface area contributed by atoms with Crippen LogP contribution in [0.25, 0.3) is 0 Å². The van der Waals surface area contributed by atoms with Crippen molar-refractivity contribution >= 4 is 33.3 Å². The van der Waals surface area contributed by atoms with E-state index in [1.54, 1.807) is 18.2 Å². The van der Waals surface area contributed by atoms with Gasteiger partial charge in [-0.2, -0.15) is 0 Å². The van der Waals surface area contributed by atoms with Crippen molar-refractivity contribution in [2.45, 2.75) is 18.4 Å². The number of hydrogen-bond acceptors (Lipinski definition) is 4. The van der Waals surface area contributed by atoms with Crippen molar-refractivity contribution in [3.05, 3.63) is 79.8 Å². The Labute approximate surface area is 157 Å². The fourth-order valence-corrected chi connectivity index (χ4v) is 4.47. The van der Waals surface area contributed by atoms with Gasteiger partial charge in [0.05, 0.1) is 22.2 Å². The molecular weight excluding hydrogens is 400 g/mol. The highest BCUT2D eigenvalue weighted by atomic mass is 79.9. The second-order valence-corrected chi connectivity index (χ2v) is 7.47. The lowest BCUT2D eigenvalue weighted by Gasteiger charge is -2.38. The fraction of sp³-hybridized carbons (Fsp3) is 0.211. The molecule has 0 radical (unpaired) electrons. The quantitative estimate of drug-likeness (QED) is 0.424. The first-order valence-corrected chi connectivity index (χ1v) is 8.99. The van der Waals surface area contributed by atoms with Crippen molar-refractivity contribution in [1.82, 2.24) is 0 Å². The monoisotopic (exact) mass is 414 g/mol. The lowest BCUT2D eigenvalue weighted by Crippen LogP contribution is -2.30. The number of carbonyl (C=O) groups is 1. The number of benzene rings is 2. The van der Waals surface area contributed by atoms with Gasteiger partial charge in [-0.15, -0.1) is 0 Å². The molecule has 7 heteroatoms. The van der Waals surface area contributed by atoms with Crippen LogP contribution < -0.4 is 5.32 Å². The minimum atomic E-state index is -1.01. The van der Waals surface area contributed by atoms with Crippen LogP contribution in [0.3, 0.4) is 0 Å². The van der Waals surface area contributed by atoms with Gasteiger partial charge in [0.1, 0.15) is 0 Å². The summed E-state index contributed by atoms with van der Waals surface area (Å²) >= 11 is 3.40. The number of nitrogens with one attached hydrogen (secondary N) is 1. The number of nitrogens with zero attached hydrogens (tertiary/aromatic N) is 1. The number of aromatic carboxylic acids is 1. The summed E-state index contributed by atoms with van der Waals surface area (Å²) in [4.78, 5) is 22.5. The lowest BCUT2D eigenvalue weighted by molar-refractivity contribution is -0.384. The predicted molar refractivity (Wildman–Crippen MR) is 101 cm³/mol. The van der Waals surface area contributed by atoms with E-state index in [-0.39, 0.29) is 29.1 Å². The fourth-order valence-electron chi connectivity index (χ4n) is 3.99. The number of nitro groups is 1. The number of carboxylic acid groups (broad SMARTS) is 1. The van der Waals surface area contributed by atoms with Crippen LogP contribution in [0.4, 0.5) is 11.4 Å². The van der Waals surface area contributed by atoms with Crippen molar-refractivity contribution in [2.24, 2.45) is 5.92 Å². The number of fused-ring (bicyclic) bond motifs is 3. The van der Waals surface area contributed by atoms with Crippen LogP contribution in [0.15, 0.2) is 53.0 Å². The number of rotatable bonds is 3. The molecule has 0 bridgehead atoms. The van der Waals surface area contributed by atoms with Crippen LogP contribution in [0.5, 0.6) is 0 Å². The third-order valence-corrected chi connectivity index (χ3v) is 5.56. The molecule has 6 nitrogen and oxygen atoms in total. The molecule has 1 aliphatic carbocycles. The van der Waals surface area contributed by atoms with Gasteiger partial charge in [-0.25, -0.2) is 4.79 Å². The van der Waals surface area contributed by atoms with Gasteiger partial charge in [0.15, 0.2) is 0 Å². The van der Waals surface area contributed by atoms with Crippen molar-refractivity contribution in [1.29, 1.82) is 0 Å². The predicted octanol–water partition coefficient (Wildman–Crippen LogP) is 4.88. The second kappa shape index (κ2) is 6.25. The van der Waals surface area contributed by atoms with Gasteiger partial charge >= 0.3 is 5.97 Å². The molecule has 132 valence electrons. The first-order chi connectivity index (χ1) is 12.5. The Morgan fingerprint density at radius 1 is 1.31 bits per heavy atom. The van der Waals surface area contributed by atoms with Gasteiger partial charge < -0.3 is 10.4 Å². The summed E-state index contributed by atoms with van der Waals surface area (Å²) in [7, 11) is 0. The summed E-state index contributed by atoms with van der Waals surface area (Å²) in [6, 6.07) is 9.89. The van der Waals surface area contributed by atoms with Gasteiger partial charge in [0.2, 0.25) is 0 Å². The van der Waals surface area contributed by atoms with E-state index in [2.05, 4.69) is 33.4 Å². The number of allylic oxidation sites excluding steroid dienone is 2. The molecule has 0 spiro atoms. The third-order valence-electron chi connectivity index (χ3n) is 5.10. The molecule has 2 aromatic carbocycles. The standard InChI is InChI=1S/C19H15BrN2O4/c20-11-8-15-13-5-2-6-14(13)17(21-18(15)16(9-11)19(23)24)10-3-1-4-12(7-10)22(25)26/h1-5,7-9,13-14,17,21H,6H2,(H,23,24)/t13-,14-,17+/m1/s1. The topological polar surface area (TPSA) is 92.5 Å². The van der Waals surface area contributed by atoms with E-state index >= 15 is 0 Å². The molecule has 0 saturated carbocycles. The molecular formula is C19H15BrN2O4. The molecule has 3 atom stereocenters. The zero-order valence-corrected chi connectivity index (χ0v) is 15.1. The van der Waals surface area contributed by atoms with E-state index in [1.165, 1.54) is 6.07 Å². The van der Waals surface area contributed by atoms with Crippen LogP contribution >= 0.6 is 15.9 Å². The normalized spacial score (nSPS) is 23.0. The Kier molecular flexibility index (Phi) is 4.03. The van der Waals surface area contributed by atoms with Crippen molar-refractivity contribution in [3.8, 4) is 0 Å². The summed E-state index contributed by atoms with van der Waals surface area (Å²) in [6.07, 6.45) is 5.03. The van der Waals surface area contributed by atoms with Crippen LogP contribution in [-0.2, 0) is 0 Å². The van der Waals surface area contributed by atoms with Gasteiger partial charge in [0, 0.05) is 22.5 Å². The average Bonchev–Trinajstić information content (AvgIpc) is 3.10. The Morgan fingerprint density at radius 3 is 2.85 bits per heavy atom. The highest BCUT2D eigenvalue weighted by molar-refractivity contribution is 9.10. The average molecular weight is 415 g/mol. The highest BCUT2D eigenvalue weighted by Gasteiger charge is 2.40. The van der Waals surface area contributed by atoms with E-state index in [4.69, 9.17) is 0 Å². The van der Waals surface area contributed by atoms with Gasteiger partial charge in [-0.1, -0.05) is 40.2 Å².